The summed E-state index contributed by atoms with van der Waals surface area (Å²) in [6.07, 6.45) is -0.870. The number of aliphatic hydroxyl groups excluding tert-OH is 1. The third kappa shape index (κ3) is 5.87. The maximum Gasteiger partial charge on any atom is 0.211 e. The quantitative estimate of drug-likeness (QED) is 0.496. The van der Waals surface area contributed by atoms with Crippen molar-refractivity contribution in [2.45, 2.75) is 13.0 Å². The lowest BCUT2D eigenvalue weighted by atomic mass is 10.5. The Bertz CT molecular complexity index is 148. The van der Waals surface area contributed by atoms with Crippen molar-refractivity contribution in [3.05, 3.63) is 0 Å². The molecular weight excluding hydrogens is 130 g/mol. The van der Waals surface area contributed by atoms with Crippen LogP contribution < -0.4 is 5.14 Å². The van der Waals surface area contributed by atoms with E-state index in [0.717, 1.165) is 0 Å². The van der Waals surface area contributed by atoms with Gasteiger partial charge in [0.1, 0.15) is 0 Å². The molecule has 1 unspecified atom stereocenters. The average molecular weight is 139 g/mol. The number of sulfonamides is 1. The highest BCUT2D eigenvalue weighted by atomic mass is 32.2. The van der Waals surface area contributed by atoms with Gasteiger partial charge in [0.15, 0.2) is 0 Å². The van der Waals surface area contributed by atoms with Gasteiger partial charge in [0.2, 0.25) is 10.0 Å². The second-order valence-electron chi connectivity index (χ2n) is 1.68. The zero-order chi connectivity index (χ0) is 6.78. The lowest BCUT2D eigenvalue weighted by Crippen LogP contribution is -2.24. The summed E-state index contributed by atoms with van der Waals surface area (Å²) in [5.41, 5.74) is 0. The van der Waals surface area contributed by atoms with E-state index in [2.05, 4.69) is 5.14 Å². The molecule has 0 aliphatic heterocycles. The van der Waals surface area contributed by atoms with Crippen LogP contribution in [-0.2, 0) is 10.0 Å². The number of nitrogens with two attached hydrogens (primary N) is 1. The first-order valence-corrected chi connectivity index (χ1v) is 3.82. The molecule has 0 aromatic carbocycles. The third-order valence-electron chi connectivity index (χ3n) is 0.474. The molecule has 50 valence electrons. The molecule has 5 heteroatoms. The monoisotopic (exact) mass is 139 g/mol. The van der Waals surface area contributed by atoms with Gasteiger partial charge in [-0.1, -0.05) is 0 Å². The lowest BCUT2D eigenvalue weighted by Gasteiger charge is -1.98. The smallest absolute Gasteiger partial charge is 0.211 e. The van der Waals surface area contributed by atoms with Crippen molar-refractivity contribution in [3.8, 4) is 0 Å². The van der Waals surface area contributed by atoms with Crippen molar-refractivity contribution in [3.63, 3.8) is 0 Å². The first-order valence-electron chi connectivity index (χ1n) is 2.10. The second kappa shape index (κ2) is 2.43. The second-order valence-corrected chi connectivity index (χ2v) is 3.34. The largest absolute Gasteiger partial charge is 0.392 e. The van der Waals surface area contributed by atoms with Gasteiger partial charge in [-0.3, -0.25) is 0 Å². The van der Waals surface area contributed by atoms with Crippen molar-refractivity contribution in [1.82, 2.24) is 0 Å². The van der Waals surface area contributed by atoms with E-state index in [4.69, 9.17) is 5.11 Å². The van der Waals surface area contributed by atoms with Gasteiger partial charge < -0.3 is 5.11 Å². The molecule has 0 aliphatic rings. The summed E-state index contributed by atoms with van der Waals surface area (Å²) in [4.78, 5) is 0. The van der Waals surface area contributed by atoms with Crippen LogP contribution in [0.2, 0.25) is 0 Å². The fourth-order valence-corrected chi connectivity index (χ4v) is 1.01. The summed E-state index contributed by atoms with van der Waals surface area (Å²) >= 11 is 0. The summed E-state index contributed by atoms with van der Waals surface area (Å²) in [6.45, 7) is 1.37. The highest BCUT2D eigenvalue weighted by Gasteiger charge is 2.05. The number of primary sulfonamides is 1. The highest BCUT2D eigenvalue weighted by molar-refractivity contribution is 7.89. The van der Waals surface area contributed by atoms with Crippen molar-refractivity contribution in [2.24, 2.45) is 5.14 Å². The minimum absolute atomic E-state index is 0.368. The molecule has 0 saturated heterocycles. The molecule has 0 amide bonds. The van der Waals surface area contributed by atoms with Gasteiger partial charge in [0.05, 0.1) is 11.9 Å². The van der Waals surface area contributed by atoms with Gasteiger partial charge >= 0.3 is 0 Å². The molecule has 8 heavy (non-hydrogen) atoms. The molecular formula is C3H9NO3S. The van der Waals surface area contributed by atoms with E-state index in [-0.39, 0.29) is 5.75 Å². The van der Waals surface area contributed by atoms with Crippen LogP contribution in [0.15, 0.2) is 0 Å². The lowest BCUT2D eigenvalue weighted by molar-refractivity contribution is 0.218. The predicted molar refractivity (Wildman–Crippen MR) is 29.7 cm³/mol. The van der Waals surface area contributed by atoms with Crippen molar-refractivity contribution in [1.29, 1.82) is 0 Å². The summed E-state index contributed by atoms with van der Waals surface area (Å²) in [6, 6.07) is 0. The Labute approximate surface area is 48.4 Å². The number of hydrogen-bond donors (Lipinski definition) is 2. The van der Waals surface area contributed by atoms with Crippen LogP contribution in [0.4, 0.5) is 0 Å². The Morgan fingerprint density at radius 3 is 2.12 bits per heavy atom. The molecule has 0 aromatic rings. The predicted octanol–water partition coefficient (Wildman–Crippen LogP) is -1.34. The molecule has 0 rings (SSSR count). The molecule has 0 spiro atoms. The zero-order valence-corrected chi connectivity index (χ0v) is 5.35. The number of aliphatic hydroxyl groups is 1. The average Bonchev–Trinajstić information content (AvgIpc) is 1.21. The van der Waals surface area contributed by atoms with E-state index in [0.29, 0.717) is 0 Å². The Balaban J connectivity index is 3.75. The van der Waals surface area contributed by atoms with Crippen LogP contribution in [-0.4, -0.2) is 25.4 Å². The van der Waals surface area contributed by atoms with Gasteiger partial charge in [0.25, 0.3) is 0 Å². The van der Waals surface area contributed by atoms with Crippen molar-refractivity contribution in [2.75, 3.05) is 5.75 Å². The van der Waals surface area contributed by atoms with E-state index >= 15 is 0 Å². The van der Waals surface area contributed by atoms with Gasteiger partial charge in [-0.25, -0.2) is 13.6 Å². The molecule has 3 N–H and O–H groups in total. The Hall–Kier alpha value is -0.130. The van der Waals surface area contributed by atoms with Gasteiger partial charge in [-0.2, -0.15) is 0 Å². The van der Waals surface area contributed by atoms with Crippen LogP contribution in [0.5, 0.6) is 0 Å². The first kappa shape index (κ1) is 7.87. The molecule has 0 radical (unpaired) electrons. The summed E-state index contributed by atoms with van der Waals surface area (Å²) in [5.74, 6) is -0.368. The van der Waals surface area contributed by atoms with Crippen LogP contribution in [0, 0.1) is 0 Å². The fourth-order valence-electron chi connectivity index (χ4n) is 0.336. The molecule has 0 fully saturated rings. The molecule has 0 heterocycles. The van der Waals surface area contributed by atoms with Crippen LogP contribution in [0.1, 0.15) is 6.92 Å². The summed E-state index contributed by atoms with van der Waals surface area (Å²) < 4.78 is 20.1. The highest BCUT2D eigenvalue weighted by Crippen LogP contribution is 1.83. The van der Waals surface area contributed by atoms with Crippen molar-refractivity contribution < 1.29 is 13.5 Å². The Morgan fingerprint density at radius 1 is 1.75 bits per heavy atom. The zero-order valence-electron chi connectivity index (χ0n) is 4.53. The van der Waals surface area contributed by atoms with Gasteiger partial charge in [-0.05, 0) is 6.92 Å². The van der Waals surface area contributed by atoms with Crippen LogP contribution in [0.3, 0.4) is 0 Å². The van der Waals surface area contributed by atoms with Crippen molar-refractivity contribution >= 4 is 10.0 Å². The van der Waals surface area contributed by atoms with E-state index in [9.17, 15) is 8.42 Å². The molecule has 0 bridgehead atoms. The summed E-state index contributed by atoms with van der Waals surface area (Å²) in [5, 5.41) is 13.0. The van der Waals surface area contributed by atoms with E-state index in [1.807, 2.05) is 0 Å². The SMILES string of the molecule is CC(O)CS(N)(=O)=O. The number of hydrogen-bond acceptors (Lipinski definition) is 3. The first-order chi connectivity index (χ1) is 3.42. The number of rotatable bonds is 2. The minimum Gasteiger partial charge on any atom is -0.392 e. The van der Waals surface area contributed by atoms with Crippen LogP contribution >= 0.6 is 0 Å². The Kier molecular flexibility index (Phi) is 2.39. The standard InChI is InChI=1S/C3H9NO3S/c1-3(5)2-8(4,6)7/h3,5H,2H2,1H3,(H2,4,6,7). The van der Waals surface area contributed by atoms with E-state index < -0.39 is 16.1 Å². The summed E-state index contributed by atoms with van der Waals surface area (Å²) in [7, 11) is -3.47. The van der Waals surface area contributed by atoms with Gasteiger partial charge in [-0.15, -0.1) is 0 Å². The minimum atomic E-state index is -3.47. The van der Waals surface area contributed by atoms with E-state index in [1.54, 1.807) is 0 Å². The topological polar surface area (TPSA) is 80.4 Å². The van der Waals surface area contributed by atoms with Crippen LogP contribution in [0.25, 0.3) is 0 Å². The molecule has 0 aliphatic carbocycles. The fraction of sp³-hybridized carbons (Fsp3) is 1.00. The van der Waals surface area contributed by atoms with Gasteiger partial charge in [0, 0.05) is 0 Å². The Morgan fingerprint density at radius 2 is 2.12 bits per heavy atom. The maximum absolute atomic E-state index is 10.1. The molecule has 4 nitrogen and oxygen atoms in total. The van der Waals surface area contributed by atoms with E-state index in [1.165, 1.54) is 6.92 Å². The normalized spacial score (nSPS) is 15.9. The molecule has 1 atom stereocenters. The molecule has 0 aromatic heterocycles. The maximum atomic E-state index is 10.1. The third-order valence-corrected chi connectivity index (χ3v) is 1.42. The molecule has 0 saturated carbocycles.